The lowest BCUT2D eigenvalue weighted by molar-refractivity contribution is -0.400. The number of hydrogen-bond donors (Lipinski definition) is 0. The van der Waals surface area contributed by atoms with Crippen LogP contribution in [0, 0.1) is 10.1 Å². The van der Waals surface area contributed by atoms with Gasteiger partial charge in [-0.1, -0.05) is 12.1 Å². The molecule has 0 heterocycles. The Morgan fingerprint density at radius 3 is 2.61 bits per heavy atom. The van der Waals surface area contributed by atoms with Gasteiger partial charge in [-0.05, 0) is 24.6 Å². The number of rotatable bonds is 6. The van der Waals surface area contributed by atoms with E-state index in [2.05, 4.69) is 0 Å². The number of nitrogens with zero attached hydrogens (tertiary/aromatic N) is 1. The first kappa shape index (κ1) is 13.7. The van der Waals surface area contributed by atoms with E-state index in [1.165, 1.54) is 6.08 Å². The average Bonchev–Trinajstić information content (AvgIpc) is 2.35. The molecule has 0 saturated heterocycles. The summed E-state index contributed by atoms with van der Waals surface area (Å²) in [4.78, 5) is 20.6. The third kappa shape index (κ3) is 5.11. The third-order valence-electron chi connectivity index (χ3n) is 1.93. The maximum atomic E-state index is 11.0. The summed E-state index contributed by atoms with van der Waals surface area (Å²) in [5.41, 5.74) is 0.676. The highest BCUT2D eigenvalue weighted by Crippen LogP contribution is 2.13. The summed E-state index contributed by atoms with van der Waals surface area (Å²) in [5, 5.41) is 10.1. The van der Waals surface area contributed by atoms with Crippen LogP contribution in [0.1, 0.15) is 12.5 Å². The highest BCUT2D eigenvalue weighted by molar-refractivity contribution is 5.71. The van der Waals surface area contributed by atoms with Crippen molar-refractivity contribution in [3.8, 4) is 5.75 Å². The van der Waals surface area contributed by atoms with Gasteiger partial charge in [-0.25, -0.2) is 4.79 Å². The van der Waals surface area contributed by atoms with Gasteiger partial charge in [-0.3, -0.25) is 10.1 Å². The largest absolute Gasteiger partial charge is 0.482 e. The fourth-order valence-corrected chi connectivity index (χ4v) is 1.17. The van der Waals surface area contributed by atoms with Gasteiger partial charge in [0.05, 0.1) is 11.5 Å². The molecule has 0 saturated carbocycles. The summed E-state index contributed by atoms with van der Waals surface area (Å²) < 4.78 is 9.87. The van der Waals surface area contributed by atoms with E-state index >= 15 is 0 Å². The van der Waals surface area contributed by atoms with Gasteiger partial charge in [0.25, 0.3) is 0 Å². The number of benzene rings is 1. The van der Waals surface area contributed by atoms with Gasteiger partial charge >= 0.3 is 5.97 Å². The zero-order valence-electron chi connectivity index (χ0n) is 9.87. The van der Waals surface area contributed by atoms with Crippen LogP contribution in [-0.4, -0.2) is 24.1 Å². The van der Waals surface area contributed by atoms with Crippen molar-refractivity contribution in [1.29, 1.82) is 0 Å². The van der Waals surface area contributed by atoms with E-state index in [0.717, 1.165) is 6.20 Å². The first-order chi connectivity index (χ1) is 8.61. The van der Waals surface area contributed by atoms with E-state index in [4.69, 9.17) is 9.47 Å². The predicted octanol–water partition coefficient (Wildman–Crippen LogP) is 1.88. The van der Waals surface area contributed by atoms with E-state index in [1.54, 1.807) is 31.2 Å². The third-order valence-corrected chi connectivity index (χ3v) is 1.93. The Morgan fingerprint density at radius 1 is 1.39 bits per heavy atom. The summed E-state index contributed by atoms with van der Waals surface area (Å²) in [7, 11) is 0. The average molecular weight is 251 g/mol. The summed E-state index contributed by atoms with van der Waals surface area (Å²) in [5.74, 6) is 0.0659. The fraction of sp³-hybridized carbons (Fsp3) is 0.250. The summed E-state index contributed by atoms with van der Waals surface area (Å²) in [6.07, 6.45) is 2.23. The highest BCUT2D eigenvalue weighted by Gasteiger charge is 2.02. The molecular formula is C12H13NO5. The first-order valence-corrected chi connectivity index (χ1v) is 5.32. The van der Waals surface area contributed by atoms with Crippen molar-refractivity contribution in [3.05, 3.63) is 46.1 Å². The summed E-state index contributed by atoms with van der Waals surface area (Å²) in [6, 6.07) is 6.55. The maximum Gasteiger partial charge on any atom is 0.344 e. The number of hydrogen-bond acceptors (Lipinski definition) is 5. The van der Waals surface area contributed by atoms with Crippen molar-refractivity contribution in [2.24, 2.45) is 0 Å². The Hall–Kier alpha value is -2.37. The molecule has 0 aliphatic rings. The van der Waals surface area contributed by atoms with Crippen molar-refractivity contribution in [2.45, 2.75) is 6.92 Å². The summed E-state index contributed by atoms with van der Waals surface area (Å²) in [6.45, 7) is 1.87. The van der Waals surface area contributed by atoms with Crippen molar-refractivity contribution in [3.63, 3.8) is 0 Å². The second-order valence-electron chi connectivity index (χ2n) is 3.26. The second kappa shape index (κ2) is 7.05. The van der Waals surface area contributed by atoms with Crippen LogP contribution in [0.2, 0.25) is 0 Å². The zero-order chi connectivity index (χ0) is 13.4. The maximum absolute atomic E-state index is 11.0. The molecule has 0 unspecified atom stereocenters. The predicted molar refractivity (Wildman–Crippen MR) is 64.6 cm³/mol. The van der Waals surface area contributed by atoms with E-state index in [-0.39, 0.29) is 6.61 Å². The Labute approximate surface area is 104 Å². The van der Waals surface area contributed by atoms with Gasteiger partial charge in [0, 0.05) is 6.08 Å². The molecule has 0 spiro atoms. The minimum absolute atomic E-state index is 0.155. The van der Waals surface area contributed by atoms with Crippen LogP contribution >= 0.6 is 0 Å². The number of ether oxygens (including phenoxy) is 2. The lowest BCUT2D eigenvalue weighted by atomic mass is 10.2. The molecule has 1 aromatic carbocycles. The molecule has 6 nitrogen and oxygen atoms in total. The minimum Gasteiger partial charge on any atom is -0.482 e. The topological polar surface area (TPSA) is 78.7 Å². The smallest absolute Gasteiger partial charge is 0.344 e. The van der Waals surface area contributed by atoms with Crippen LogP contribution in [-0.2, 0) is 9.53 Å². The molecule has 0 fully saturated rings. The second-order valence-corrected chi connectivity index (χ2v) is 3.26. The van der Waals surface area contributed by atoms with Crippen LogP contribution in [0.4, 0.5) is 0 Å². The normalized spacial score (nSPS) is 10.3. The Kier molecular flexibility index (Phi) is 5.37. The molecule has 0 N–H and O–H groups in total. The van der Waals surface area contributed by atoms with Gasteiger partial charge in [-0.2, -0.15) is 0 Å². The van der Waals surface area contributed by atoms with Gasteiger partial charge in [-0.15, -0.1) is 0 Å². The molecule has 1 rings (SSSR count). The molecule has 0 amide bonds. The van der Waals surface area contributed by atoms with Gasteiger partial charge in [0.15, 0.2) is 6.61 Å². The van der Waals surface area contributed by atoms with Crippen molar-refractivity contribution < 1.29 is 19.2 Å². The molecule has 18 heavy (non-hydrogen) atoms. The zero-order valence-corrected chi connectivity index (χ0v) is 9.87. The lowest BCUT2D eigenvalue weighted by Crippen LogP contribution is -2.14. The Balaban J connectivity index is 2.50. The molecule has 0 radical (unpaired) electrons. The minimum atomic E-state index is -0.537. The number of carbonyl (C=O) groups excluding carboxylic acids is 1. The van der Waals surface area contributed by atoms with Crippen LogP contribution in [0.15, 0.2) is 30.5 Å². The van der Waals surface area contributed by atoms with Crippen LogP contribution in [0.25, 0.3) is 6.08 Å². The molecule has 0 bridgehead atoms. The summed E-state index contributed by atoms with van der Waals surface area (Å²) >= 11 is 0. The Morgan fingerprint density at radius 2 is 2.06 bits per heavy atom. The molecule has 0 aliphatic heterocycles. The number of carbonyl (C=O) groups is 1. The van der Waals surface area contributed by atoms with Gasteiger partial charge in [0.1, 0.15) is 5.75 Å². The molecule has 0 aromatic heterocycles. The van der Waals surface area contributed by atoms with Gasteiger partial charge < -0.3 is 9.47 Å². The van der Waals surface area contributed by atoms with Gasteiger partial charge in [0.2, 0.25) is 6.20 Å². The van der Waals surface area contributed by atoms with E-state index in [9.17, 15) is 14.9 Å². The standard InChI is InChI=1S/C12H13NO5/c1-2-17-12(14)9-18-11-5-3-10(4-6-11)7-8-13(15)16/h3-8H,2,9H2,1H3/b8-7+. The SMILES string of the molecule is CCOC(=O)COc1ccc(/C=C/[N+](=O)[O-])cc1. The Bertz CT molecular complexity index is 438. The molecule has 1 aromatic rings. The molecule has 96 valence electrons. The first-order valence-electron chi connectivity index (χ1n) is 5.32. The van der Waals surface area contributed by atoms with E-state index < -0.39 is 10.9 Å². The number of esters is 1. The van der Waals surface area contributed by atoms with E-state index in [1.807, 2.05) is 0 Å². The van der Waals surface area contributed by atoms with Crippen molar-refractivity contribution in [1.82, 2.24) is 0 Å². The van der Waals surface area contributed by atoms with Crippen LogP contribution in [0.5, 0.6) is 5.75 Å². The fourth-order valence-electron chi connectivity index (χ4n) is 1.17. The van der Waals surface area contributed by atoms with Crippen molar-refractivity contribution >= 4 is 12.0 Å². The monoisotopic (exact) mass is 251 g/mol. The van der Waals surface area contributed by atoms with Crippen molar-refractivity contribution in [2.75, 3.05) is 13.2 Å². The molecule has 6 heteroatoms. The molecule has 0 atom stereocenters. The lowest BCUT2D eigenvalue weighted by Gasteiger charge is -2.05. The molecular weight excluding hydrogens is 238 g/mol. The van der Waals surface area contributed by atoms with Crippen LogP contribution < -0.4 is 4.74 Å². The van der Waals surface area contributed by atoms with Crippen LogP contribution in [0.3, 0.4) is 0 Å². The van der Waals surface area contributed by atoms with E-state index in [0.29, 0.717) is 17.9 Å². The quantitative estimate of drug-likeness (QED) is 0.438. The number of nitro groups is 1. The highest BCUT2D eigenvalue weighted by atomic mass is 16.6. The molecule has 0 aliphatic carbocycles.